The number of rotatable bonds is 5. The van der Waals surface area contributed by atoms with Crippen molar-refractivity contribution in [1.29, 1.82) is 0 Å². The zero-order valence-electron chi connectivity index (χ0n) is 16.4. The van der Waals surface area contributed by atoms with Gasteiger partial charge in [-0.1, -0.05) is 48.0 Å². The van der Waals surface area contributed by atoms with Gasteiger partial charge in [-0.15, -0.1) is 0 Å². The molecule has 3 aromatic carbocycles. The lowest BCUT2D eigenvalue weighted by Crippen LogP contribution is -2.23. The molecule has 3 aromatic rings. The normalized spacial score (nSPS) is 10.4. The number of aryl methyl sites for hydroxylation is 3. The molecule has 0 saturated heterocycles. The Morgan fingerprint density at radius 1 is 0.750 bits per heavy atom. The van der Waals surface area contributed by atoms with E-state index in [9.17, 15) is 9.59 Å². The SMILES string of the molecule is Cc1ccc(CNC(=O)c2cccc(C(=O)Nc3cc(C)ccc3C)c2)cc1. The first kappa shape index (κ1) is 19.4. The van der Waals surface area contributed by atoms with Crippen LogP contribution in [0.4, 0.5) is 5.69 Å². The second-order valence-electron chi connectivity index (χ2n) is 7.02. The van der Waals surface area contributed by atoms with Crippen LogP contribution in [0.15, 0.2) is 66.7 Å². The van der Waals surface area contributed by atoms with Gasteiger partial charge in [0.25, 0.3) is 11.8 Å². The molecule has 0 aromatic heterocycles. The topological polar surface area (TPSA) is 58.2 Å². The predicted molar refractivity (Wildman–Crippen MR) is 113 cm³/mol. The summed E-state index contributed by atoms with van der Waals surface area (Å²) in [7, 11) is 0. The Balaban J connectivity index is 1.68. The molecule has 0 atom stereocenters. The monoisotopic (exact) mass is 372 g/mol. The molecular weight excluding hydrogens is 348 g/mol. The molecule has 4 heteroatoms. The van der Waals surface area contributed by atoms with Crippen molar-refractivity contribution in [3.8, 4) is 0 Å². The quantitative estimate of drug-likeness (QED) is 0.676. The van der Waals surface area contributed by atoms with Gasteiger partial charge in [0.2, 0.25) is 0 Å². The van der Waals surface area contributed by atoms with E-state index in [1.54, 1.807) is 24.3 Å². The number of anilines is 1. The highest BCUT2D eigenvalue weighted by Crippen LogP contribution is 2.18. The fourth-order valence-electron chi connectivity index (χ4n) is 2.86. The van der Waals surface area contributed by atoms with Crippen LogP contribution in [0.3, 0.4) is 0 Å². The van der Waals surface area contributed by atoms with E-state index in [4.69, 9.17) is 0 Å². The first-order chi connectivity index (χ1) is 13.4. The van der Waals surface area contributed by atoms with Gasteiger partial charge in [-0.2, -0.15) is 0 Å². The van der Waals surface area contributed by atoms with Crippen LogP contribution in [0, 0.1) is 20.8 Å². The van der Waals surface area contributed by atoms with E-state index in [1.807, 2.05) is 63.2 Å². The third-order valence-corrected chi connectivity index (χ3v) is 4.60. The van der Waals surface area contributed by atoms with Crippen LogP contribution < -0.4 is 10.6 Å². The summed E-state index contributed by atoms with van der Waals surface area (Å²) >= 11 is 0. The number of nitrogens with one attached hydrogen (secondary N) is 2. The van der Waals surface area contributed by atoms with E-state index in [2.05, 4.69) is 10.6 Å². The predicted octanol–water partition coefficient (Wildman–Crippen LogP) is 4.79. The second kappa shape index (κ2) is 8.53. The number of amides is 2. The Morgan fingerprint density at radius 2 is 1.39 bits per heavy atom. The third kappa shape index (κ3) is 4.86. The van der Waals surface area contributed by atoms with Crippen LogP contribution in [0.2, 0.25) is 0 Å². The highest BCUT2D eigenvalue weighted by Gasteiger charge is 2.12. The van der Waals surface area contributed by atoms with Gasteiger partial charge in [0.15, 0.2) is 0 Å². The molecule has 0 saturated carbocycles. The van der Waals surface area contributed by atoms with Crippen molar-refractivity contribution in [3.05, 3.63) is 100 Å². The van der Waals surface area contributed by atoms with Crippen LogP contribution in [0.5, 0.6) is 0 Å². The lowest BCUT2D eigenvalue weighted by Gasteiger charge is -2.10. The fraction of sp³-hybridized carbons (Fsp3) is 0.167. The van der Waals surface area contributed by atoms with Crippen LogP contribution in [-0.2, 0) is 6.54 Å². The summed E-state index contributed by atoms with van der Waals surface area (Å²) in [6.45, 7) is 6.40. The van der Waals surface area contributed by atoms with Crippen LogP contribution >= 0.6 is 0 Å². The van der Waals surface area contributed by atoms with E-state index in [-0.39, 0.29) is 11.8 Å². The smallest absolute Gasteiger partial charge is 0.255 e. The molecule has 0 unspecified atom stereocenters. The summed E-state index contributed by atoms with van der Waals surface area (Å²) < 4.78 is 0. The van der Waals surface area contributed by atoms with Gasteiger partial charge in [0.05, 0.1) is 0 Å². The fourth-order valence-corrected chi connectivity index (χ4v) is 2.86. The maximum Gasteiger partial charge on any atom is 0.255 e. The number of carbonyl (C=O) groups is 2. The van der Waals surface area contributed by atoms with Crippen LogP contribution in [0.1, 0.15) is 43.0 Å². The minimum atomic E-state index is -0.234. The first-order valence-corrected chi connectivity index (χ1v) is 9.25. The number of carbonyl (C=O) groups excluding carboxylic acids is 2. The van der Waals surface area contributed by atoms with E-state index in [0.29, 0.717) is 17.7 Å². The van der Waals surface area contributed by atoms with Gasteiger partial charge in [-0.05, 0) is 61.7 Å². The average molecular weight is 372 g/mol. The minimum Gasteiger partial charge on any atom is -0.348 e. The molecule has 0 spiro atoms. The second-order valence-corrected chi connectivity index (χ2v) is 7.02. The van der Waals surface area contributed by atoms with Crippen molar-refractivity contribution in [2.75, 3.05) is 5.32 Å². The van der Waals surface area contributed by atoms with Crippen molar-refractivity contribution in [2.24, 2.45) is 0 Å². The largest absolute Gasteiger partial charge is 0.348 e. The van der Waals surface area contributed by atoms with E-state index >= 15 is 0 Å². The number of hydrogen-bond donors (Lipinski definition) is 2. The highest BCUT2D eigenvalue weighted by molar-refractivity contribution is 6.06. The summed E-state index contributed by atoms with van der Waals surface area (Å²) in [5.74, 6) is -0.441. The molecule has 0 bridgehead atoms. The molecule has 0 aliphatic rings. The molecule has 0 heterocycles. The Bertz CT molecular complexity index is 1010. The maximum atomic E-state index is 12.6. The average Bonchev–Trinajstić information content (AvgIpc) is 2.70. The summed E-state index contributed by atoms with van der Waals surface area (Å²) in [5, 5.41) is 5.82. The zero-order valence-corrected chi connectivity index (χ0v) is 16.4. The molecule has 2 amide bonds. The van der Waals surface area contributed by atoms with Gasteiger partial charge in [-0.3, -0.25) is 9.59 Å². The van der Waals surface area contributed by atoms with Crippen molar-refractivity contribution >= 4 is 17.5 Å². The number of hydrogen-bond acceptors (Lipinski definition) is 2. The van der Waals surface area contributed by atoms with Gasteiger partial charge in [0, 0.05) is 23.4 Å². The zero-order chi connectivity index (χ0) is 20.1. The standard InChI is InChI=1S/C24H24N2O2/c1-16-8-11-19(12-9-16)15-25-23(27)20-5-4-6-21(14-20)24(28)26-22-13-17(2)7-10-18(22)3/h4-14H,15H2,1-3H3,(H,25,27)(H,26,28). The minimum absolute atomic E-state index is 0.207. The molecule has 0 radical (unpaired) electrons. The van der Waals surface area contributed by atoms with E-state index in [1.165, 1.54) is 5.56 Å². The molecule has 0 fully saturated rings. The molecule has 142 valence electrons. The Labute approximate surface area is 165 Å². The van der Waals surface area contributed by atoms with Crippen LogP contribution in [0.25, 0.3) is 0 Å². The molecule has 0 aliphatic carbocycles. The van der Waals surface area contributed by atoms with Crippen molar-refractivity contribution < 1.29 is 9.59 Å². The van der Waals surface area contributed by atoms with Gasteiger partial charge in [0.1, 0.15) is 0 Å². The molecule has 28 heavy (non-hydrogen) atoms. The lowest BCUT2D eigenvalue weighted by molar-refractivity contribution is 0.0951. The molecule has 3 rings (SSSR count). The summed E-state index contributed by atoms with van der Waals surface area (Å²) in [6.07, 6.45) is 0. The van der Waals surface area contributed by atoms with Gasteiger partial charge < -0.3 is 10.6 Å². The molecule has 2 N–H and O–H groups in total. The summed E-state index contributed by atoms with van der Waals surface area (Å²) in [4.78, 5) is 25.1. The Hall–Kier alpha value is -3.40. The third-order valence-electron chi connectivity index (χ3n) is 4.60. The number of benzene rings is 3. The van der Waals surface area contributed by atoms with Crippen molar-refractivity contribution in [1.82, 2.24) is 5.32 Å². The van der Waals surface area contributed by atoms with E-state index < -0.39 is 0 Å². The van der Waals surface area contributed by atoms with Crippen molar-refractivity contribution in [3.63, 3.8) is 0 Å². The first-order valence-electron chi connectivity index (χ1n) is 9.25. The Kier molecular flexibility index (Phi) is 5.90. The van der Waals surface area contributed by atoms with Crippen molar-refractivity contribution in [2.45, 2.75) is 27.3 Å². The molecular formula is C24H24N2O2. The molecule has 0 aliphatic heterocycles. The maximum absolute atomic E-state index is 12.6. The lowest BCUT2D eigenvalue weighted by atomic mass is 10.1. The van der Waals surface area contributed by atoms with Crippen LogP contribution in [-0.4, -0.2) is 11.8 Å². The molecule has 4 nitrogen and oxygen atoms in total. The van der Waals surface area contributed by atoms with Gasteiger partial charge in [-0.25, -0.2) is 0 Å². The summed E-state index contributed by atoms with van der Waals surface area (Å²) in [5.41, 5.74) is 5.96. The van der Waals surface area contributed by atoms with Gasteiger partial charge >= 0.3 is 0 Å². The van der Waals surface area contributed by atoms with E-state index in [0.717, 1.165) is 22.4 Å². The highest BCUT2D eigenvalue weighted by atomic mass is 16.2. The Morgan fingerprint density at radius 3 is 2.11 bits per heavy atom. The summed E-state index contributed by atoms with van der Waals surface area (Å²) in [6, 6.07) is 20.7.